The second kappa shape index (κ2) is 8.60. The zero-order chi connectivity index (χ0) is 22.1. The largest absolute Gasteiger partial charge is 0.323 e. The lowest BCUT2D eigenvalue weighted by atomic mass is 10.1. The van der Waals surface area contributed by atoms with Gasteiger partial charge in [-0.15, -0.1) is 11.3 Å². The Labute approximate surface area is 184 Å². The van der Waals surface area contributed by atoms with Crippen molar-refractivity contribution in [1.82, 2.24) is 9.55 Å². The molecule has 0 radical (unpaired) electrons. The number of nitrogens with one attached hydrogen (secondary N) is 1. The Morgan fingerprint density at radius 1 is 1.13 bits per heavy atom. The van der Waals surface area contributed by atoms with Gasteiger partial charge in [-0.25, -0.2) is 13.8 Å². The first-order valence-electron chi connectivity index (χ1n) is 9.29. The molecule has 0 unspecified atom stereocenters. The molecule has 0 aliphatic carbocycles. The molecule has 1 amide bonds. The van der Waals surface area contributed by atoms with Crippen molar-refractivity contribution >= 4 is 44.9 Å². The van der Waals surface area contributed by atoms with E-state index in [1.54, 1.807) is 11.4 Å². The van der Waals surface area contributed by atoms with Crippen molar-refractivity contribution in [1.29, 1.82) is 0 Å². The van der Waals surface area contributed by atoms with Crippen molar-refractivity contribution in [2.24, 2.45) is 0 Å². The van der Waals surface area contributed by atoms with E-state index in [1.807, 2.05) is 32.0 Å². The molecule has 0 saturated carbocycles. The predicted octanol–water partition coefficient (Wildman–Crippen LogP) is 5.07. The van der Waals surface area contributed by atoms with Gasteiger partial charge >= 0.3 is 0 Å². The highest BCUT2D eigenvalue weighted by molar-refractivity contribution is 7.99. The maximum atomic E-state index is 13.8. The number of hydrogen-bond acceptors (Lipinski definition) is 5. The molecule has 2 heterocycles. The van der Waals surface area contributed by atoms with Crippen LogP contribution in [0.4, 0.5) is 14.5 Å². The van der Waals surface area contributed by atoms with E-state index in [0.717, 1.165) is 35.0 Å². The Morgan fingerprint density at radius 3 is 2.68 bits per heavy atom. The SMILES string of the molecule is Cc1ccc(-n2c(SCC(=O)Nc3ccc(F)cc3F)nc3ccsc3c2=O)cc1C. The van der Waals surface area contributed by atoms with Gasteiger partial charge in [0.15, 0.2) is 5.16 Å². The highest BCUT2D eigenvalue weighted by Crippen LogP contribution is 2.25. The Balaban J connectivity index is 1.65. The minimum Gasteiger partial charge on any atom is -0.323 e. The summed E-state index contributed by atoms with van der Waals surface area (Å²) in [4.78, 5) is 30.1. The molecule has 0 saturated heterocycles. The fraction of sp³-hybridized carbons (Fsp3) is 0.136. The second-order valence-electron chi connectivity index (χ2n) is 6.90. The first-order chi connectivity index (χ1) is 14.8. The molecule has 9 heteroatoms. The van der Waals surface area contributed by atoms with Crippen LogP contribution < -0.4 is 10.9 Å². The molecule has 0 spiro atoms. The van der Waals surface area contributed by atoms with Crippen molar-refractivity contribution in [2.45, 2.75) is 19.0 Å². The smallest absolute Gasteiger partial charge is 0.276 e. The predicted molar refractivity (Wildman–Crippen MR) is 120 cm³/mol. The number of anilines is 1. The van der Waals surface area contributed by atoms with E-state index in [4.69, 9.17) is 0 Å². The highest BCUT2D eigenvalue weighted by atomic mass is 32.2. The van der Waals surface area contributed by atoms with Gasteiger partial charge in [-0.05, 0) is 60.7 Å². The van der Waals surface area contributed by atoms with Crippen LogP contribution in [0.25, 0.3) is 15.9 Å². The van der Waals surface area contributed by atoms with E-state index in [9.17, 15) is 18.4 Å². The van der Waals surface area contributed by atoms with E-state index in [1.165, 1.54) is 15.9 Å². The summed E-state index contributed by atoms with van der Waals surface area (Å²) in [5.74, 6) is -2.19. The second-order valence-corrected chi connectivity index (χ2v) is 8.76. The average molecular weight is 458 g/mol. The van der Waals surface area contributed by atoms with Gasteiger partial charge in [-0.1, -0.05) is 17.8 Å². The average Bonchev–Trinajstić information content (AvgIpc) is 3.20. The first kappa shape index (κ1) is 21.2. The van der Waals surface area contributed by atoms with Crippen LogP contribution in [0, 0.1) is 25.5 Å². The lowest BCUT2D eigenvalue weighted by Crippen LogP contribution is -2.22. The monoisotopic (exact) mass is 457 g/mol. The molecule has 0 fully saturated rings. The zero-order valence-corrected chi connectivity index (χ0v) is 18.2. The number of hydrogen-bond donors (Lipinski definition) is 1. The van der Waals surface area contributed by atoms with Crippen molar-refractivity contribution in [3.05, 3.63) is 81.0 Å². The molecule has 2 aromatic heterocycles. The third-order valence-corrected chi connectivity index (χ3v) is 6.57. The number of rotatable bonds is 5. The summed E-state index contributed by atoms with van der Waals surface area (Å²) in [6.45, 7) is 3.94. The molecule has 158 valence electrons. The van der Waals surface area contributed by atoms with Crippen LogP contribution in [-0.4, -0.2) is 21.2 Å². The number of benzene rings is 2. The molecule has 5 nitrogen and oxygen atoms in total. The van der Waals surface area contributed by atoms with Crippen molar-refractivity contribution < 1.29 is 13.6 Å². The Kier molecular flexibility index (Phi) is 5.88. The normalized spacial score (nSPS) is 11.1. The van der Waals surface area contributed by atoms with Crippen LogP contribution in [0.3, 0.4) is 0 Å². The van der Waals surface area contributed by atoms with Crippen LogP contribution in [-0.2, 0) is 4.79 Å². The summed E-state index contributed by atoms with van der Waals surface area (Å²) in [7, 11) is 0. The van der Waals surface area contributed by atoms with Crippen LogP contribution in [0.15, 0.2) is 57.8 Å². The Morgan fingerprint density at radius 2 is 1.94 bits per heavy atom. The van der Waals surface area contributed by atoms with Crippen molar-refractivity contribution in [3.8, 4) is 5.69 Å². The highest BCUT2D eigenvalue weighted by Gasteiger charge is 2.17. The van der Waals surface area contributed by atoms with Gasteiger partial charge in [0.25, 0.3) is 5.56 Å². The van der Waals surface area contributed by atoms with E-state index in [-0.39, 0.29) is 17.0 Å². The van der Waals surface area contributed by atoms with E-state index < -0.39 is 17.5 Å². The summed E-state index contributed by atoms with van der Waals surface area (Å²) in [5.41, 5.74) is 3.01. The van der Waals surface area contributed by atoms with Crippen LogP contribution in [0.5, 0.6) is 0 Å². The minimum atomic E-state index is -0.858. The summed E-state index contributed by atoms with van der Waals surface area (Å²) in [5, 5.41) is 4.57. The van der Waals surface area contributed by atoms with Gasteiger partial charge in [-0.3, -0.25) is 14.2 Å². The third-order valence-electron chi connectivity index (χ3n) is 4.74. The molecule has 1 N–H and O–H groups in total. The fourth-order valence-corrected chi connectivity index (χ4v) is 4.56. The molecule has 0 aliphatic heterocycles. The number of carbonyl (C=O) groups excluding carboxylic acids is 1. The molecular weight excluding hydrogens is 440 g/mol. The number of aryl methyl sites for hydroxylation is 2. The Hall–Kier alpha value is -3.04. The number of fused-ring (bicyclic) bond motifs is 1. The lowest BCUT2D eigenvalue weighted by Gasteiger charge is -2.13. The van der Waals surface area contributed by atoms with Gasteiger partial charge in [0.1, 0.15) is 16.3 Å². The number of amides is 1. The molecule has 0 aliphatic rings. The van der Waals surface area contributed by atoms with Crippen LogP contribution in [0.2, 0.25) is 0 Å². The molecule has 0 atom stereocenters. The van der Waals surface area contributed by atoms with Gasteiger partial charge < -0.3 is 5.32 Å². The number of aromatic nitrogens is 2. The van der Waals surface area contributed by atoms with Crippen LogP contribution in [0.1, 0.15) is 11.1 Å². The summed E-state index contributed by atoms with van der Waals surface area (Å²) in [6, 6.07) is 10.3. The number of halogens is 2. The Bertz CT molecular complexity index is 1360. The zero-order valence-electron chi connectivity index (χ0n) is 16.6. The molecule has 0 bridgehead atoms. The molecule has 4 rings (SSSR count). The minimum absolute atomic E-state index is 0.107. The topological polar surface area (TPSA) is 64.0 Å². The third kappa shape index (κ3) is 4.38. The molecule has 31 heavy (non-hydrogen) atoms. The fourth-order valence-electron chi connectivity index (χ4n) is 2.99. The maximum absolute atomic E-state index is 13.8. The molecule has 2 aromatic carbocycles. The van der Waals surface area contributed by atoms with Gasteiger partial charge in [0.2, 0.25) is 5.91 Å². The number of carbonyl (C=O) groups is 1. The lowest BCUT2D eigenvalue weighted by molar-refractivity contribution is -0.113. The number of thioether (sulfide) groups is 1. The maximum Gasteiger partial charge on any atom is 0.276 e. The molecular formula is C22H17F2N3O2S2. The van der Waals surface area contributed by atoms with E-state index >= 15 is 0 Å². The van der Waals surface area contributed by atoms with E-state index in [0.29, 0.717) is 27.1 Å². The number of thiophene rings is 1. The molecule has 4 aromatic rings. The quantitative estimate of drug-likeness (QED) is 0.336. The van der Waals surface area contributed by atoms with Crippen LogP contribution >= 0.6 is 23.1 Å². The summed E-state index contributed by atoms with van der Waals surface area (Å²) >= 11 is 2.38. The van der Waals surface area contributed by atoms with Crippen molar-refractivity contribution in [3.63, 3.8) is 0 Å². The summed E-state index contributed by atoms with van der Waals surface area (Å²) < 4.78 is 28.9. The van der Waals surface area contributed by atoms with Gasteiger partial charge in [0.05, 0.1) is 22.6 Å². The number of nitrogens with zero attached hydrogens (tertiary/aromatic N) is 2. The van der Waals surface area contributed by atoms with Crippen molar-refractivity contribution in [2.75, 3.05) is 11.1 Å². The van der Waals surface area contributed by atoms with Gasteiger partial charge in [0, 0.05) is 6.07 Å². The first-order valence-corrected chi connectivity index (χ1v) is 11.2. The summed E-state index contributed by atoms with van der Waals surface area (Å²) in [6.07, 6.45) is 0. The standard InChI is InChI=1S/C22H17F2N3O2S2/c1-12-3-5-15(9-13(12)2)27-21(29)20-18(7-8-30-20)26-22(27)31-11-19(28)25-17-6-4-14(23)10-16(17)24/h3-10H,11H2,1-2H3,(H,25,28). The van der Waals surface area contributed by atoms with E-state index in [2.05, 4.69) is 10.3 Å². The van der Waals surface area contributed by atoms with Gasteiger partial charge in [-0.2, -0.15) is 0 Å².